The molecule has 1 amide bonds. The molecule has 3 aromatic carbocycles. The number of ether oxygens (including phenoxy) is 3. The number of morpholine rings is 1. The summed E-state index contributed by atoms with van der Waals surface area (Å²) in [7, 11) is -6.29. The number of hydrogen-bond donors (Lipinski definition) is 1. The smallest absolute Gasteiger partial charge is 0.264 e. The van der Waals surface area contributed by atoms with E-state index < -0.39 is 32.5 Å². The van der Waals surface area contributed by atoms with Crippen molar-refractivity contribution < 1.29 is 35.8 Å². The third kappa shape index (κ3) is 7.40. The first-order valence-corrected chi connectivity index (χ1v) is 16.2. The van der Waals surface area contributed by atoms with E-state index >= 15 is 0 Å². The molecular weight excluding hydrogens is 582 g/mol. The SMILES string of the molecule is COc1ccc(C)cc1N(CC(=O)NCCOc1ccc(S(=O)(=O)N2CCOCC2)cc1)S(=O)(=O)c1ccc(C)cc1. The minimum absolute atomic E-state index is 0.0480. The van der Waals surface area contributed by atoms with Crippen molar-refractivity contribution in [2.24, 2.45) is 0 Å². The lowest BCUT2D eigenvalue weighted by atomic mass is 10.2. The van der Waals surface area contributed by atoms with Crippen molar-refractivity contribution >= 4 is 31.6 Å². The summed E-state index contributed by atoms with van der Waals surface area (Å²) in [5.74, 6) is 0.203. The number of carbonyl (C=O) groups excluding carboxylic acids is 1. The largest absolute Gasteiger partial charge is 0.495 e. The number of nitrogens with one attached hydrogen (secondary N) is 1. The molecule has 1 fully saturated rings. The van der Waals surface area contributed by atoms with E-state index in [0.29, 0.717) is 37.8 Å². The lowest BCUT2D eigenvalue weighted by molar-refractivity contribution is -0.119. The molecule has 226 valence electrons. The normalized spacial score (nSPS) is 14.3. The van der Waals surface area contributed by atoms with E-state index in [1.54, 1.807) is 42.5 Å². The van der Waals surface area contributed by atoms with E-state index in [-0.39, 0.29) is 28.6 Å². The first-order valence-electron chi connectivity index (χ1n) is 13.3. The summed E-state index contributed by atoms with van der Waals surface area (Å²) >= 11 is 0. The summed E-state index contributed by atoms with van der Waals surface area (Å²) in [5.41, 5.74) is 1.95. The molecule has 0 bridgehead atoms. The van der Waals surface area contributed by atoms with Crippen molar-refractivity contribution in [1.29, 1.82) is 0 Å². The van der Waals surface area contributed by atoms with Gasteiger partial charge in [-0.2, -0.15) is 4.31 Å². The zero-order valence-electron chi connectivity index (χ0n) is 23.8. The average molecular weight is 618 g/mol. The number of methoxy groups -OCH3 is 1. The van der Waals surface area contributed by atoms with Crippen molar-refractivity contribution in [3.63, 3.8) is 0 Å². The molecule has 3 aromatic rings. The summed E-state index contributed by atoms with van der Waals surface area (Å²) in [6.07, 6.45) is 0. The number of sulfonamides is 2. The van der Waals surface area contributed by atoms with Crippen LogP contribution in [0.25, 0.3) is 0 Å². The van der Waals surface area contributed by atoms with Crippen LogP contribution in [0.2, 0.25) is 0 Å². The van der Waals surface area contributed by atoms with Gasteiger partial charge in [0.15, 0.2) is 0 Å². The molecule has 0 aliphatic carbocycles. The number of rotatable bonds is 12. The van der Waals surface area contributed by atoms with Gasteiger partial charge in [-0.15, -0.1) is 0 Å². The predicted octanol–water partition coefficient (Wildman–Crippen LogP) is 2.72. The van der Waals surface area contributed by atoms with Crippen LogP contribution in [-0.4, -0.2) is 80.2 Å². The highest BCUT2D eigenvalue weighted by Gasteiger charge is 2.30. The molecule has 0 radical (unpaired) electrons. The van der Waals surface area contributed by atoms with E-state index in [9.17, 15) is 21.6 Å². The maximum absolute atomic E-state index is 13.7. The van der Waals surface area contributed by atoms with Gasteiger partial charge in [-0.25, -0.2) is 16.8 Å². The minimum atomic E-state index is -4.11. The monoisotopic (exact) mass is 617 g/mol. The molecule has 1 aliphatic heterocycles. The van der Waals surface area contributed by atoms with Gasteiger partial charge in [0.05, 0.1) is 42.3 Å². The summed E-state index contributed by atoms with van der Waals surface area (Å²) in [6, 6.07) is 17.6. The second kappa shape index (κ2) is 13.6. The van der Waals surface area contributed by atoms with Gasteiger partial charge in [-0.05, 0) is 67.9 Å². The van der Waals surface area contributed by atoms with E-state index in [1.165, 1.54) is 35.7 Å². The summed E-state index contributed by atoms with van der Waals surface area (Å²) < 4.78 is 71.7. The molecule has 42 heavy (non-hydrogen) atoms. The van der Waals surface area contributed by atoms with Crippen molar-refractivity contribution in [2.75, 3.05) is 57.4 Å². The van der Waals surface area contributed by atoms with Gasteiger partial charge in [0.2, 0.25) is 15.9 Å². The Morgan fingerprint density at radius 1 is 0.905 bits per heavy atom. The quantitative estimate of drug-likeness (QED) is 0.307. The Kier molecular flexibility index (Phi) is 10.1. The van der Waals surface area contributed by atoms with Crippen molar-refractivity contribution in [2.45, 2.75) is 23.6 Å². The van der Waals surface area contributed by atoms with Crippen molar-refractivity contribution in [3.05, 3.63) is 77.9 Å². The van der Waals surface area contributed by atoms with Gasteiger partial charge in [0.25, 0.3) is 10.0 Å². The fraction of sp³-hybridized carbons (Fsp3) is 0.345. The van der Waals surface area contributed by atoms with Crippen LogP contribution in [0, 0.1) is 13.8 Å². The topological polar surface area (TPSA) is 132 Å². The molecule has 11 nitrogen and oxygen atoms in total. The molecule has 0 spiro atoms. The van der Waals surface area contributed by atoms with Crippen LogP contribution < -0.4 is 19.1 Å². The zero-order chi connectivity index (χ0) is 30.3. The highest BCUT2D eigenvalue weighted by atomic mass is 32.2. The number of benzene rings is 3. The van der Waals surface area contributed by atoms with Gasteiger partial charge in [-0.3, -0.25) is 9.10 Å². The van der Waals surface area contributed by atoms with Crippen LogP contribution in [-0.2, 0) is 29.6 Å². The Balaban J connectivity index is 1.40. The Hall–Kier alpha value is -3.65. The molecule has 13 heteroatoms. The maximum atomic E-state index is 13.7. The third-order valence-electron chi connectivity index (χ3n) is 6.62. The number of anilines is 1. The van der Waals surface area contributed by atoms with Crippen LogP contribution in [0.4, 0.5) is 5.69 Å². The molecule has 0 aromatic heterocycles. The van der Waals surface area contributed by atoms with Gasteiger partial charge in [0, 0.05) is 13.1 Å². The van der Waals surface area contributed by atoms with Crippen LogP contribution in [0.15, 0.2) is 76.5 Å². The second-order valence-electron chi connectivity index (χ2n) is 9.69. The Labute approximate surface area is 247 Å². The Morgan fingerprint density at radius 3 is 2.17 bits per heavy atom. The molecule has 1 saturated heterocycles. The molecule has 1 aliphatic rings. The highest BCUT2D eigenvalue weighted by Crippen LogP contribution is 2.33. The van der Waals surface area contributed by atoms with Crippen LogP contribution in [0.1, 0.15) is 11.1 Å². The van der Waals surface area contributed by atoms with E-state index in [4.69, 9.17) is 14.2 Å². The van der Waals surface area contributed by atoms with Crippen molar-refractivity contribution in [3.8, 4) is 11.5 Å². The summed E-state index contributed by atoms with van der Waals surface area (Å²) in [6.45, 7) is 4.71. The van der Waals surface area contributed by atoms with Crippen molar-refractivity contribution in [1.82, 2.24) is 9.62 Å². The van der Waals surface area contributed by atoms with Gasteiger partial charge < -0.3 is 19.5 Å². The molecule has 4 rings (SSSR count). The number of amides is 1. The lowest BCUT2D eigenvalue weighted by Crippen LogP contribution is -2.42. The molecule has 1 N–H and O–H groups in total. The molecule has 0 saturated carbocycles. The first-order chi connectivity index (χ1) is 20.0. The first kappa shape index (κ1) is 31.3. The third-order valence-corrected chi connectivity index (χ3v) is 10.3. The Bertz CT molecular complexity index is 1590. The predicted molar refractivity (Wildman–Crippen MR) is 158 cm³/mol. The van der Waals surface area contributed by atoms with Gasteiger partial charge in [-0.1, -0.05) is 23.8 Å². The second-order valence-corrected chi connectivity index (χ2v) is 13.5. The van der Waals surface area contributed by atoms with Crippen LogP contribution in [0.3, 0.4) is 0 Å². The van der Waals surface area contributed by atoms with E-state index in [2.05, 4.69) is 5.32 Å². The molecular formula is C29H35N3O8S2. The fourth-order valence-corrected chi connectivity index (χ4v) is 7.15. The average Bonchev–Trinajstić information content (AvgIpc) is 2.99. The molecule has 0 atom stereocenters. The van der Waals surface area contributed by atoms with E-state index in [0.717, 1.165) is 15.4 Å². The lowest BCUT2D eigenvalue weighted by Gasteiger charge is -2.26. The highest BCUT2D eigenvalue weighted by molar-refractivity contribution is 7.93. The summed E-state index contributed by atoms with van der Waals surface area (Å²) in [4.78, 5) is 13.2. The van der Waals surface area contributed by atoms with E-state index in [1.807, 2.05) is 13.8 Å². The van der Waals surface area contributed by atoms with Gasteiger partial charge >= 0.3 is 0 Å². The molecule has 1 heterocycles. The minimum Gasteiger partial charge on any atom is -0.495 e. The number of aryl methyl sites for hydroxylation is 2. The number of nitrogens with zero attached hydrogens (tertiary/aromatic N) is 2. The standard InChI is InChI=1S/C29H35N3O8S2/c1-22-4-9-26(10-5-22)42(36,37)32(27-20-23(2)6-13-28(27)38-3)21-29(33)30-14-17-40-24-7-11-25(12-8-24)41(34,35)31-15-18-39-19-16-31/h4-13,20H,14-19,21H2,1-3H3,(H,30,33). The van der Waals surface area contributed by atoms with Gasteiger partial charge in [0.1, 0.15) is 24.7 Å². The van der Waals surface area contributed by atoms with Crippen LogP contribution in [0.5, 0.6) is 11.5 Å². The number of hydrogen-bond acceptors (Lipinski definition) is 8. The van der Waals surface area contributed by atoms with Crippen LogP contribution >= 0.6 is 0 Å². The number of carbonyl (C=O) groups is 1. The summed E-state index contributed by atoms with van der Waals surface area (Å²) in [5, 5.41) is 2.69. The molecule has 0 unspecified atom stereocenters. The Morgan fingerprint density at radius 2 is 1.52 bits per heavy atom. The maximum Gasteiger partial charge on any atom is 0.264 e. The zero-order valence-corrected chi connectivity index (χ0v) is 25.4. The fourth-order valence-electron chi connectivity index (χ4n) is 4.32.